The van der Waals surface area contributed by atoms with Crippen molar-refractivity contribution in [2.24, 2.45) is 11.8 Å². The van der Waals surface area contributed by atoms with Crippen molar-refractivity contribution in [2.45, 2.75) is 44.7 Å². The van der Waals surface area contributed by atoms with Gasteiger partial charge in [0.25, 0.3) is 0 Å². The van der Waals surface area contributed by atoms with Crippen LogP contribution in [0.5, 0.6) is 0 Å². The summed E-state index contributed by atoms with van der Waals surface area (Å²) in [6, 6.07) is 4.38. The Hall–Kier alpha value is -0.870. The molecule has 3 rings (SSSR count). The minimum Gasteiger partial charge on any atom is -0.347 e. The van der Waals surface area contributed by atoms with Gasteiger partial charge < -0.3 is 10.6 Å². The molecule has 2 aliphatic rings. The third-order valence-corrected chi connectivity index (χ3v) is 5.63. The zero-order valence-electron chi connectivity index (χ0n) is 11.4. The standard InChI is InChI=1S/C15H22N2OS/c1-2-12(13-7-4-8-19-13)17-15(18)14-11-6-3-5-10(11)9-16-14/h4,7-8,10-12,14,16H,2-3,5-6,9H2,1H3,(H,17,18). The predicted molar refractivity (Wildman–Crippen MR) is 78.1 cm³/mol. The largest absolute Gasteiger partial charge is 0.347 e. The molecule has 0 aromatic carbocycles. The number of carbonyl (C=O) groups is 1. The van der Waals surface area contributed by atoms with Crippen molar-refractivity contribution in [3.63, 3.8) is 0 Å². The van der Waals surface area contributed by atoms with Crippen LogP contribution in [0.25, 0.3) is 0 Å². The molecule has 1 aromatic rings. The molecule has 1 amide bonds. The van der Waals surface area contributed by atoms with Gasteiger partial charge in [-0.05, 0) is 49.1 Å². The Morgan fingerprint density at radius 1 is 1.58 bits per heavy atom. The summed E-state index contributed by atoms with van der Waals surface area (Å²) in [6.07, 6.45) is 4.76. The molecule has 2 heterocycles. The molecular weight excluding hydrogens is 256 g/mol. The minimum atomic E-state index is 0.0431. The van der Waals surface area contributed by atoms with E-state index in [9.17, 15) is 4.79 Å². The quantitative estimate of drug-likeness (QED) is 0.889. The molecule has 1 aromatic heterocycles. The van der Waals surface area contributed by atoms with Crippen molar-refractivity contribution in [3.05, 3.63) is 22.4 Å². The molecule has 104 valence electrons. The van der Waals surface area contributed by atoms with Crippen molar-refractivity contribution in [2.75, 3.05) is 6.54 Å². The van der Waals surface area contributed by atoms with E-state index in [-0.39, 0.29) is 18.0 Å². The Balaban J connectivity index is 1.64. The van der Waals surface area contributed by atoms with Crippen LogP contribution >= 0.6 is 11.3 Å². The second kappa shape index (κ2) is 5.63. The highest BCUT2D eigenvalue weighted by atomic mass is 32.1. The van der Waals surface area contributed by atoms with E-state index >= 15 is 0 Å². The van der Waals surface area contributed by atoms with E-state index in [0.717, 1.165) is 18.9 Å². The van der Waals surface area contributed by atoms with Gasteiger partial charge in [0.15, 0.2) is 0 Å². The Morgan fingerprint density at radius 2 is 2.47 bits per heavy atom. The van der Waals surface area contributed by atoms with Gasteiger partial charge in [-0.2, -0.15) is 0 Å². The maximum Gasteiger partial charge on any atom is 0.237 e. The lowest BCUT2D eigenvalue weighted by molar-refractivity contribution is -0.124. The van der Waals surface area contributed by atoms with Crippen molar-refractivity contribution < 1.29 is 4.79 Å². The topological polar surface area (TPSA) is 41.1 Å². The fourth-order valence-electron chi connectivity index (χ4n) is 3.60. The van der Waals surface area contributed by atoms with Crippen LogP contribution in [0.1, 0.15) is 43.5 Å². The maximum absolute atomic E-state index is 12.5. The molecule has 2 fully saturated rings. The van der Waals surface area contributed by atoms with Gasteiger partial charge in [0.1, 0.15) is 0 Å². The zero-order valence-corrected chi connectivity index (χ0v) is 12.2. The summed E-state index contributed by atoms with van der Waals surface area (Å²) < 4.78 is 0. The molecule has 1 aliphatic carbocycles. The molecule has 19 heavy (non-hydrogen) atoms. The van der Waals surface area contributed by atoms with Crippen LogP contribution in [-0.2, 0) is 4.79 Å². The molecular formula is C15H22N2OS. The smallest absolute Gasteiger partial charge is 0.237 e. The summed E-state index contributed by atoms with van der Waals surface area (Å²) in [6.45, 7) is 3.16. The van der Waals surface area contributed by atoms with Gasteiger partial charge in [-0.1, -0.05) is 19.4 Å². The van der Waals surface area contributed by atoms with Crippen molar-refractivity contribution >= 4 is 17.2 Å². The third kappa shape index (κ3) is 2.56. The summed E-state index contributed by atoms with van der Waals surface area (Å²) in [5.74, 6) is 1.51. The second-order valence-corrected chi connectivity index (χ2v) is 6.70. The van der Waals surface area contributed by atoms with Crippen LogP contribution in [0.15, 0.2) is 17.5 Å². The third-order valence-electron chi connectivity index (χ3n) is 4.64. The lowest BCUT2D eigenvalue weighted by Crippen LogP contribution is -2.44. The molecule has 3 nitrogen and oxygen atoms in total. The highest BCUT2D eigenvalue weighted by Gasteiger charge is 2.42. The average Bonchev–Trinajstić information content (AvgIpc) is 3.10. The molecule has 0 spiro atoms. The molecule has 1 saturated carbocycles. The van der Waals surface area contributed by atoms with Crippen LogP contribution in [0.3, 0.4) is 0 Å². The van der Waals surface area contributed by atoms with Crippen LogP contribution in [0.2, 0.25) is 0 Å². The normalized spacial score (nSPS) is 31.1. The molecule has 1 aliphatic heterocycles. The molecule has 2 N–H and O–H groups in total. The SMILES string of the molecule is CCC(NC(=O)C1NCC2CCCC21)c1cccs1. The predicted octanol–water partition coefficient (Wildman–Crippen LogP) is 2.70. The van der Waals surface area contributed by atoms with E-state index in [0.29, 0.717) is 5.92 Å². The Bertz CT molecular complexity index is 431. The Labute approximate surface area is 118 Å². The molecule has 4 unspecified atom stereocenters. The van der Waals surface area contributed by atoms with E-state index in [2.05, 4.69) is 35.1 Å². The summed E-state index contributed by atoms with van der Waals surface area (Å²) in [5.41, 5.74) is 0. The van der Waals surface area contributed by atoms with E-state index < -0.39 is 0 Å². The van der Waals surface area contributed by atoms with Gasteiger partial charge in [-0.25, -0.2) is 0 Å². The summed E-state index contributed by atoms with van der Waals surface area (Å²) in [5, 5.41) is 8.73. The van der Waals surface area contributed by atoms with E-state index in [4.69, 9.17) is 0 Å². The van der Waals surface area contributed by atoms with E-state index in [1.54, 1.807) is 11.3 Å². The second-order valence-electron chi connectivity index (χ2n) is 5.73. The number of carbonyl (C=O) groups excluding carboxylic acids is 1. The number of hydrogen-bond donors (Lipinski definition) is 2. The van der Waals surface area contributed by atoms with Gasteiger partial charge in [0.2, 0.25) is 5.91 Å². The molecule has 4 atom stereocenters. The molecule has 0 radical (unpaired) electrons. The molecule has 4 heteroatoms. The number of fused-ring (bicyclic) bond motifs is 1. The molecule has 1 saturated heterocycles. The summed E-state index contributed by atoms with van der Waals surface area (Å²) in [4.78, 5) is 13.7. The van der Waals surface area contributed by atoms with Crippen LogP contribution in [0.4, 0.5) is 0 Å². The fraction of sp³-hybridized carbons (Fsp3) is 0.667. The highest BCUT2D eigenvalue weighted by Crippen LogP contribution is 2.38. The average molecular weight is 278 g/mol. The van der Waals surface area contributed by atoms with Crippen molar-refractivity contribution in [1.82, 2.24) is 10.6 Å². The fourth-order valence-corrected chi connectivity index (χ4v) is 4.46. The first kappa shape index (κ1) is 13.1. The van der Waals surface area contributed by atoms with Gasteiger partial charge in [0, 0.05) is 4.88 Å². The zero-order chi connectivity index (χ0) is 13.2. The van der Waals surface area contributed by atoms with Gasteiger partial charge in [-0.15, -0.1) is 11.3 Å². The van der Waals surface area contributed by atoms with E-state index in [1.807, 2.05) is 0 Å². The lowest BCUT2D eigenvalue weighted by Gasteiger charge is -2.22. The van der Waals surface area contributed by atoms with Crippen LogP contribution in [-0.4, -0.2) is 18.5 Å². The minimum absolute atomic E-state index is 0.0431. The number of thiophene rings is 1. The Kier molecular flexibility index (Phi) is 3.89. The number of nitrogens with one attached hydrogen (secondary N) is 2. The first-order valence-corrected chi connectivity index (χ1v) is 8.24. The van der Waals surface area contributed by atoms with Crippen LogP contribution < -0.4 is 10.6 Å². The number of rotatable bonds is 4. The summed E-state index contributed by atoms with van der Waals surface area (Å²) in [7, 11) is 0. The first-order chi connectivity index (χ1) is 9.29. The van der Waals surface area contributed by atoms with Gasteiger partial charge in [0.05, 0.1) is 12.1 Å². The maximum atomic E-state index is 12.5. The van der Waals surface area contributed by atoms with Gasteiger partial charge in [-0.3, -0.25) is 4.79 Å². The number of amides is 1. The number of hydrogen-bond acceptors (Lipinski definition) is 3. The molecule has 0 bridgehead atoms. The van der Waals surface area contributed by atoms with E-state index in [1.165, 1.54) is 24.1 Å². The van der Waals surface area contributed by atoms with Crippen molar-refractivity contribution in [3.8, 4) is 0 Å². The van der Waals surface area contributed by atoms with Crippen LogP contribution in [0, 0.1) is 11.8 Å². The Morgan fingerprint density at radius 3 is 3.21 bits per heavy atom. The first-order valence-electron chi connectivity index (χ1n) is 7.36. The van der Waals surface area contributed by atoms with Gasteiger partial charge >= 0.3 is 0 Å². The lowest BCUT2D eigenvalue weighted by atomic mass is 9.93. The monoisotopic (exact) mass is 278 g/mol. The summed E-state index contributed by atoms with van der Waals surface area (Å²) >= 11 is 1.72. The highest BCUT2D eigenvalue weighted by molar-refractivity contribution is 7.10. The van der Waals surface area contributed by atoms with Crippen molar-refractivity contribution in [1.29, 1.82) is 0 Å².